The van der Waals surface area contributed by atoms with Crippen LogP contribution < -0.4 is 10.1 Å². The number of fused-ring (bicyclic) bond motifs is 1. The molecule has 0 aliphatic carbocycles. The molecule has 1 N–H and O–H groups in total. The van der Waals surface area contributed by atoms with Crippen LogP contribution in [0, 0.1) is 0 Å². The number of hydrogen-bond donors (Lipinski definition) is 1. The second kappa shape index (κ2) is 5.90. The summed E-state index contributed by atoms with van der Waals surface area (Å²) < 4.78 is 7.52. The summed E-state index contributed by atoms with van der Waals surface area (Å²) in [5.41, 5.74) is 5.06. The molecule has 112 valence electrons. The monoisotopic (exact) mass is 285 g/mol. The van der Waals surface area contributed by atoms with Crippen LogP contribution in [0.3, 0.4) is 0 Å². The third-order valence-corrected chi connectivity index (χ3v) is 4.04. The van der Waals surface area contributed by atoms with Crippen molar-refractivity contribution < 1.29 is 4.74 Å². The molecular formula is C17H23N3O. The van der Waals surface area contributed by atoms with Crippen molar-refractivity contribution >= 4 is 0 Å². The topological polar surface area (TPSA) is 39.1 Å². The van der Waals surface area contributed by atoms with Gasteiger partial charge in [-0.2, -0.15) is 5.10 Å². The van der Waals surface area contributed by atoms with Crippen LogP contribution in [0.25, 0.3) is 0 Å². The molecule has 1 unspecified atom stereocenters. The average Bonchev–Trinajstić information content (AvgIpc) is 3.09. The number of aromatic nitrogens is 2. The Hall–Kier alpha value is -1.81. The van der Waals surface area contributed by atoms with E-state index in [2.05, 4.69) is 48.7 Å². The molecule has 1 aromatic carbocycles. The highest BCUT2D eigenvalue weighted by Gasteiger charge is 2.21. The molecule has 0 bridgehead atoms. The number of aryl methyl sites for hydroxylation is 2. The highest BCUT2D eigenvalue weighted by molar-refractivity contribution is 5.43. The van der Waals surface area contributed by atoms with Crippen LogP contribution in [0.4, 0.5) is 0 Å². The van der Waals surface area contributed by atoms with Gasteiger partial charge in [-0.15, -0.1) is 0 Å². The zero-order valence-electron chi connectivity index (χ0n) is 13.0. The minimum atomic E-state index is 0.199. The van der Waals surface area contributed by atoms with E-state index in [1.165, 1.54) is 22.4 Å². The predicted octanol–water partition coefficient (Wildman–Crippen LogP) is 2.62. The highest BCUT2D eigenvalue weighted by atomic mass is 16.5. The molecule has 3 rings (SSSR count). The van der Waals surface area contributed by atoms with Crippen LogP contribution in [-0.2, 0) is 19.9 Å². The van der Waals surface area contributed by atoms with Gasteiger partial charge in [0.05, 0.1) is 18.3 Å². The Labute approximate surface area is 126 Å². The van der Waals surface area contributed by atoms with Gasteiger partial charge in [0, 0.05) is 25.2 Å². The summed E-state index contributed by atoms with van der Waals surface area (Å²) in [6, 6.07) is 6.75. The van der Waals surface area contributed by atoms with Crippen molar-refractivity contribution in [2.45, 2.75) is 32.7 Å². The lowest BCUT2D eigenvalue weighted by molar-refractivity contribution is 0.357. The fourth-order valence-electron chi connectivity index (χ4n) is 3.07. The Morgan fingerprint density at radius 1 is 1.38 bits per heavy atom. The van der Waals surface area contributed by atoms with E-state index in [0.717, 1.165) is 31.7 Å². The van der Waals surface area contributed by atoms with Gasteiger partial charge in [0.25, 0.3) is 0 Å². The van der Waals surface area contributed by atoms with Crippen LogP contribution >= 0.6 is 0 Å². The SMILES string of the molecule is CCNC(c1ccc2c(c1)CCO2)c1cn(C)nc1CC. The summed E-state index contributed by atoms with van der Waals surface area (Å²) in [5.74, 6) is 1.04. The first-order chi connectivity index (χ1) is 10.2. The number of ether oxygens (including phenoxy) is 1. The molecule has 21 heavy (non-hydrogen) atoms. The Bertz CT molecular complexity index is 633. The quantitative estimate of drug-likeness (QED) is 0.918. The number of hydrogen-bond acceptors (Lipinski definition) is 3. The lowest BCUT2D eigenvalue weighted by atomic mass is 9.96. The minimum absolute atomic E-state index is 0.199. The van der Waals surface area contributed by atoms with Gasteiger partial charge < -0.3 is 10.1 Å². The summed E-state index contributed by atoms with van der Waals surface area (Å²) in [4.78, 5) is 0. The van der Waals surface area contributed by atoms with E-state index in [1.807, 2.05) is 11.7 Å². The van der Waals surface area contributed by atoms with Crippen molar-refractivity contribution in [2.75, 3.05) is 13.2 Å². The Morgan fingerprint density at radius 2 is 2.24 bits per heavy atom. The van der Waals surface area contributed by atoms with Crippen molar-refractivity contribution in [2.24, 2.45) is 7.05 Å². The first-order valence-electron chi connectivity index (χ1n) is 7.74. The number of benzene rings is 1. The van der Waals surface area contributed by atoms with E-state index in [4.69, 9.17) is 4.74 Å². The molecule has 1 atom stereocenters. The maximum Gasteiger partial charge on any atom is 0.122 e. The molecule has 2 aromatic rings. The summed E-state index contributed by atoms with van der Waals surface area (Å²) in [5, 5.41) is 8.18. The number of nitrogens with one attached hydrogen (secondary N) is 1. The third kappa shape index (κ3) is 2.68. The summed E-state index contributed by atoms with van der Waals surface area (Å²) in [6.45, 7) is 6.03. The second-order valence-electron chi connectivity index (χ2n) is 5.51. The van der Waals surface area contributed by atoms with Crippen LogP contribution in [-0.4, -0.2) is 22.9 Å². The van der Waals surface area contributed by atoms with Crippen molar-refractivity contribution in [3.8, 4) is 5.75 Å². The second-order valence-corrected chi connectivity index (χ2v) is 5.51. The van der Waals surface area contributed by atoms with Gasteiger partial charge in [0.2, 0.25) is 0 Å². The molecular weight excluding hydrogens is 262 g/mol. The average molecular weight is 285 g/mol. The molecule has 0 saturated carbocycles. The Balaban J connectivity index is 2.01. The van der Waals surface area contributed by atoms with Gasteiger partial charge >= 0.3 is 0 Å². The fourth-order valence-corrected chi connectivity index (χ4v) is 3.07. The normalized spacial score (nSPS) is 14.8. The maximum absolute atomic E-state index is 5.61. The molecule has 0 radical (unpaired) electrons. The van der Waals surface area contributed by atoms with Crippen molar-refractivity contribution in [3.05, 3.63) is 46.8 Å². The first-order valence-corrected chi connectivity index (χ1v) is 7.74. The smallest absolute Gasteiger partial charge is 0.122 e. The highest BCUT2D eigenvalue weighted by Crippen LogP contribution is 2.31. The Morgan fingerprint density at radius 3 is 3.00 bits per heavy atom. The molecule has 0 amide bonds. The van der Waals surface area contributed by atoms with Gasteiger partial charge in [-0.05, 0) is 30.2 Å². The van der Waals surface area contributed by atoms with E-state index in [-0.39, 0.29) is 6.04 Å². The van der Waals surface area contributed by atoms with Crippen molar-refractivity contribution in [1.29, 1.82) is 0 Å². The zero-order valence-corrected chi connectivity index (χ0v) is 13.0. The van der Waals surface area contributed by atoms with E-state index in [1.54, 1.807) is 0 Å². The summed E-state index contributed by atoms with van der Waals surface area (Å²) in [6.07, 6.45) is 4.09. The predicted molar refractivity (Wildman–Crippen MR) is 83.7 cm³/mol. The first kappa shape index (κ1) is 14.1. The van der Waals surface area contributed by atoms with Crippen LogP contribution in [0.15, 0.2) is 24.4 Å². The maximum atomic E-state index is 5.61. The molecule has 0 saturated heterocycles. The molecule has 0 fully saturated rings. The fraction of sp³-hybridized carbons (Fsp3) is 0.471. The third-order valence-electron chi connectivity index (χ3n) is 4.04. The van der Waals surface area contributed by atoms with Crippen LogP contribution in [0.2, 0.25) is 0 Å². The van der Waals surface area contributed by atoms with Crippen molar-refractivity contribution in [3.63, 3.8) is 0 Å². The number of nitrogens with zero attached hydrogens (tertiary/aromatic N) is 2. The minimum Gasteiger partial charge on any atom is -0.493 e. The largest absolute Gasteiger partial charge is 0.493 e. The molecule has 0 spiro atoms. The van der Waals surface area contributed by atoms with E-state index in [0.29, 0.717) is 0 Å². The van der Waals surface area contributed by atoms with Crippen molar-refractivity contribution in [1.82, 2.24) is 15.1 Å². The molecule has 2 heterocycles. The van der Waals surface area contributed by atoms with Gasteiger partial charge in [-0.3, -0.25) is 4.68 Å². The van der Waals surface area contributed by atoms with Crippen LogP contribution in [0.1, 0.15) is 42.3 Å². The zero-order chi connectivity index (χ0) is 14.8. The van der Waals surface area contributed by atoms with Crippen LogP contribution in [0.5, 0.6) is 5.75 Å². The molecule has 4 heteroatoms. The van der Waals surface area contributed by atoms with Gasteiger partial charge in [-0.25, -0.2) is 0 Å². The van der Waals surface area contributed by atoms with Gasteiger partial charge in [0.15, 0.2) is 0 Å². The molecule has 1 aliphatic heterocycles. The van der Waals surface area contributed by atoms with E-state index < -0.39 is 0 Å². The molecule has 1 aromatic heterocycles. The van der Waals surface area contributed by atoms with Gasteiger partial charge in [0.1, 0.15) is 5.75 Å². The lowest BCUT2D eigenvalue weighted by Gasteiger charge is -2.19. The van der Waals surface area contributed by atoms with E-state index >= 15 is 0 Å². The van der Waals surface area contributed by atoms with Gasteiger partial charge in [-0.1, -0.05) is 26.0 Å². The lowest BCUT2D eigenvalue weighted by Crippen LogP contribution is -2.22. The summed E-state index contributed by atoms with van der Waals surface area (Å²) in [7, 11) is 1.99. The summed E-state index contributed by atoms with van der Waals surface area (Å²) >= 11 is 0. The Kier molecular flexibility index (Phi) is 3.97. The van der Waals surface area contributed by atoms with E-state index in [9.17, 15) is 0 Å². The standard InChI is InChI=1S/C17H23N3O/c1-4-15-14(11-20(3)19-15)17(18-5-2)13-6-7-16-12(10-13)8-9-21-16/h6-7,10-11,17-18H,4-5,8-9H2,1-3H3. The molecule has 4 nitrogen and oxygen atoms in total. The molecule has 1 aliphatic rings. The number of rotatable bonds is 5.